The van der Waals surface area contributed by atoms with Crippen molar-refractivity contribution in [2.24, 2.45) is 0 Å². The van der Waals surface area contributed by atoms with Gasteiger partial charge < -0.3 is 0 Å². The van der Waals surface area contributed by atoms with E-state index >= 15 is 0 Å². The minimum absolute atomic E-state index is 0.0464. The molecule has 134 valence electrons. The molecule has 26 heavy (non-hydrogen) atoms. The Balaban J connectivity index is 1.71. The summed E-state index contributed by atoms with van der Waals surface area (Å²) < 4.78 is 3.42. The van der Waals surface area contributed by atoms with Crippen LogP contribution in [0.1, 0.15) is 18.5 Å². The number of nitrogens with zero attached hydrogens (tertiary/aromatic N) is 2. The van der Waals surface area contributed by atoms with Crippen molar-refractivity contribution in [1.82, 2.24) is 9.90 Å². The molecule has 0 atom stereocenters. The van der Waals surface area contributed by atoms with Gasteiger partial charge in [0.25, 0.3) is 0 Å². The molecule has 0 amide bonds. The van der Waals surface area contributed by atoms with Crippen molar-refractivity contribution < 1.29 is 4.68 Å². The normalized spacial score (nSPS) is 13.7. The second kappa shape index (κ2) is 7.31. The zero-order valence-corrected chi connectivity index (χ0v) is 16.7. The Bertz CT molecular complexity index is 1000. The summed E-state index contributed by atoms with van der Waals surface area (Å²) >= 11 is 20.3. The summed E-state index contributed by atoms with van der Waals surface area (Å²) in [5.74, 6) is 0. The number of fused-ring (bicyclic) bond motifs is 1. The van der Waals surface area contributed by atoms with Gasteiger partial charge in [0.05, 0.1) is 10.0 Å². The van der Waals surface area contributed by atoms with Gasteiger partial charge in [-0.05, 0) is 37.1 Å². The topological polar surface area (TPSA) is 41.7 Å². The third-order valence-corrected chi connectivity index (χ3v) is 6.54. The first-order valence-electron chi connectivity index (χ1n) is 8.19. The van der Waals surface area contributed by atoms with Crippen LogP contribution in [-0.4, -0.2) is 9.90 Å². The molecule has 2 aromatic carbocycles. The van der Waals surface area contributed by atoms with Crippen molar-refractivity contribution in [3.8, 4) is 5.69 Å². The maximum atomic E-state index is 12.7. The molecule has 0 saturated heterocycles. The number of aromatic nitrogens is 3. The Morgan fingerprint density at radius 2 is 1.73 bits per heavy atom. The number of nitrogens with one attached hydrogen (secondary N) is 1. The monoisotopic (exact) mass is 426 g/mol. The van der Waals surface area contributed by atoms with Gasteiger partial charge in [-0.1, -0.05) is 56.5 Å². The highest BCUT2D eigenvalue weighted by molar-refractivity contribution is 7.99. The Hall–Kier alpha value is -1.40. The van der Waals surface area contributed by atoms with Crippen LogP contribution in [0.15, 0.2) is 51.0 Å². The first-order chi connectivity index (χ1) is 12.5. The summed E-state index contributed by atoms with van der Waals surface area (Å²) in [6.07, 6.45) is 2.88. The van der Waals surface area contributed by atoms with E-state index in [1.165, 1.54) is 16.4 Å². The van der Waals surface area contributed by atoms with Gasteiger partial charge in [0.2, 0.25) is 5.69 Å². The van der Waals surface area contributed by atoms with Crippen molar-refractivity contribution in [3.63, 3.8) is 0 Å². The van der Waals surface area contributed by atoms with Crippen LogP contribution >= 0.6 is 46.6 Å². The second-order valence-electron chi connectivity index (χ2n) is 6.09. The van der Waals surface area contributed by atoms with E-state index in [0.29, 0.717) is 20.8 Å². The van der Waals surface area contributed by atoms with E-state index in [1.807, 2.05) is 28.9 Å². The predicted octanol–water partition coefficient (Wildman–Crippen LogP) is 4.90. The molecule has 4 rings (SSSR count). The number of halogens is 3. The van der Waals surface area contributed by atoms with Gasteiger partial charge >= 0.3 is 5.56 Å². The Morgan fingerprint density at radius 3 is 2.38 bits per heavy atom. The highest BCUT2D eigenvalue weighted by atomic mass is 35.5. The zero-order valence-electron chi connectivity index (χ0n) is 13.6. The maximum absolute atomic E-state index is 12.7. The van der Waals surface area contributed by atoms with E-state index < -0.39 is 0 Å². The molecule has 8 heteroatoms. The summed E-state index contributed by atoms with van der Waals surface area (Å²) in [6.45, 7) is 0.823. The van der Waals surface area contributed by atoms with E-state index in [2.05, 4.69) is 5.21 Å². The van der Waals surface area contributed by atoms with E-state index in [1.54, 1.807) is 12.1 Å². The van der Waals surface area contributed by atoms with Crippen molar-refractivity contribution in [1.29, 1.82) is 0 Å². The first kappa shape index (κ1) is 18.0. The molecule has 0 radical (unpaired) electrons. The lowest BCUT2D eigenvalue weighted by atomic mass is 10.1. The molecule has 0 bridgehead atoms. The molecule has 0 saturated carbocycles. The minimum Gasteiger partial charge on any atom is -0.234 e. The molecule has 1 aliphatic heterocycles. The summed E-state index contributed by atoms with van der Waals surface area (Å²) in [7, 11) is 0. The Labute approximate surface area is 169 Å². The van der Waals surface area contributed by atoms with Crippen LogP contribution in [0.5, 0.6) is 0 Å². The molecule has 0 spiro atoms. The van der Waals surface area contributed by atoms with Gasteiger partial charge in [0, 0.05) is 33.4 Å². The van der Waals surface area contributed by atoms with Crippen LogP contribution in [0, 0.1) is 0 Å². The highest BCUT2D eigenvalue weighted by Gasteiger charge is 2.26. The van der Waals surface area contributed by atoms with Crippen LogP contribution in [0.25, 0.3) is 5.69 Å². The molecular formula is C18H15Cl3N3OS+. The number of hydrogen-bond donors (Lipinski definition) is 1. The lowest BCUT2D eigenvalue weighted by Gasteiger charge is -2.08. The van der Waals surface area contributed by atoms with Crippen LogP contribution in [0.4, 0.5) is 0 Å². The molecule has 1 aliphatic rings. The van der Waals surface area contributed by atoms with Crippen molar-refractivity contribution in [2.75, 3.05) is 0 Å². The predicted molar refractivity (Wildman–Crippen MR) is 105 cm³/mol. The summed E-state index contributed by atoms with van der Waals surface area (Å²) in [6, 6.07) is 11.0. The number of aryl methyl sites for hydroxylation is 1. The zero-order chi connectivity index (χ0) is 18.3. The number of H-pyrrole nitrogens is 1. The summed E-state index contributed by atoms with van der Waals surface area (Å²) in [5.41, 5.74) is 1.38. The fraction of sp³-hybridized carbons (Fsp3) is 0.222. The van der Waals surface area contributed by atoms with Gasteiger partial charge in [-0.15, -0.1) is 0 Å². The molecule has 0 fully saturated rings. The third kappa shape index (κ3) is 3.41. The number of hydrogen-bond acceptors (Lipinski definition) is 2. The fourth-order valence-corrected chi connectivity index (χ4v) is 4.68. The average molecular weight is 428 g/mol. The Kier molecular flexibility index (Phi) is 5.06. The molecule has 0 unspecified atom stereocenters. The van der Waals surface area contributed by atoms with Crippen molar-refractivity contribution >= 4 is 46.6 Å². The van der Waals surface area contributed by atoms with E-state index in [9.17, 15) is 4.79 Å². The second-order valence-corrected chi connectivity index (χ2v) is 8.43. The number of aromatic amines is 1. The summed E-state index contributed by atoms with van der Waals surface area (Å²) in [5, 5.41) is 4.80. The third-order valence-electron chi connectivity index (χ3n) is 4.32. The quantitative estimate of drug-likeness (QED) is 0.604. The first-order valence-corrected chi connectivity index (χ1v) is 10.1. The summed E-state index contributed by atoms with van der Waals surface area (Å²) in [4.78, 5) is 14.4. The lowest BCUT2D eigenvalue weighted by molar-refractivity contribution is -0.765. The van der Waals surface area contributed by atoms with E-state index in [-0.39, 0.29) is 5.56 Å². The minimum atomic E-state index is -0.0464. The fourth-order valence-electron chi connectivity index (χ4n) is 3.03. The van der Waals surface area contributed by atoms with Crippen LogP contribution < -0.4 is 10.2 Å². The molecule has 2 heterocycles. The highest BCUT2D eigenvalue weighted by Crippen LogP contribution is 2.40. The van der Waals surface area contributed by atoms with Gasteiger partial charge in [-0.3, -0.25) is 0 Å². The van der Waals surface area contributed by atoms with Crippen LogP contribution in [0.2, 0.25) is 15.1 Å². The largest absolute Gasteiger partial charge is 0.401 e. The lowest BCUT2D eigenvalue weighted by Crippen LogP contribution is -2.43. The molecule has 3 aromatic rings. The maximum Gasteiger partial charge on any atom is 0.401 e. The molecule has 0 aliphatic carbocycles. The SMILES string of the molecule is O=c1c2[n+]([nH]n1-c1cc(Cl)c(Sc3ccc(Cl)cc3)c(Cl)c1)CCCC2. The van der Waals surface area contributed by atoms with Crippen molar-refractivity contribution in [3.05, 3.63) is 67.5 Å². The molecule has 1 N–H and O–H groups in total. The van der Waals surface area contributed by atoms with Crippen LogP contribution in [0.3, 0.4) is 0 Å². The average Bonchev–Trinajstić information content (AvgIpc) is 2.97. The van der Waals surface area contributed by atoms with Crippen molar-refractivity contribution in [2.45, 2.75) is 35.6 Å². The Morgan fingerprint density at radius 1 is 1.04 bits per heavy atom. The van der Waals surface area contributed by atoms with Gasteiger partial charge in [0.15, 0.2) is 5.69 Å². The van der Waals surface area contributed by atoms with Crippen LogP contribution in [-0.2, 0) is 13.0 Å². The number of benzene rings is 2. The van der Waals surface area contributed by atoms with E-state index in [0.717, 1.165) is 41.3 Å². The van der Waals surface area contributed by atoms with Gasteiger partial charge in [-0.2, -0.15) is 4.68 Å². The smallest absolute Gasteiger partial charge is 0.234 e. The molecule has 4 nitrogen and oxygen atoms in total. The van der Waals surface area contributed by atoms with E-state index in [4.69, 9.17) is 34.8 Å². The standard InChI is InChI=1S/C18H14Cl3N3OS/c19-11-4-6-13(7-5-11)26-17-14(20)9-12(10-15(17)21)24-18(25)16-3-1-2-8-23(16)22-24/h4-7,9-10H,1-3,8H2/p+1. The van der Waals surface area contributed by atoms with Gasteiger partial charge in [0.1, 0.15) is 6.54 Å². The molecule has 1 aromatic heterocycles. The van der Waals surface area contributed by atoms with Gasteiger partial charge in [-0.25, -0.2) is 4.79 Å². The molecular weight excluding hydrogens is 413 g/mol. The number of rotatable bonds is 3.